The zero-order valence-electron chi connectivity index (χ0n) is 19.4. The van der Waals surface area contributed by atoms with Gasteiger partial charge in [-0.05, 0) is 74.5 Å². The largest absolute Gasteiger partial charge is 0.457 e. The van der Waals surface area contributed by atoms with E-state index in [9.17, 15) is 21.2 Å². The van der Waals surface area contributed by atoms with E-state index in [1.54, 1.807) is 24.3 Å². The number of ether oxygens (including phenoxy) is 1. The second kappa shape index (κ2) is 10.00. The van der Waals surface area contributed by atoms with E-state index in [1.807, 2.05) is 13.8 Å². The molecule has 7 nitrogen and oxygen atoms in total. The summed E-state index contributed by atoms with van der Waals surface area (Å²) in [6.45, 7) is 3.67. The number of anilines is 2. The summed E-state index contributed by atoms with van der Waals surface area (Å²) in [5.74, 6) is 0.0907. The van der Waals surface area contributed by atoms with Gasteiger partial charge in [-0.3, -0.25) is 9.44 Å². The third-order valence-corrected chi connectivity index (χ3v) is 7.95. The normalized spacial score (nSPS) is 11.6. The lowest BCUT2D eigenvalue weighted by molar-refractivity contribution is 0.481. The van der Waals surface area contributed by atoms with Crippen molar-refractivity contribution in [1.29, 1.82) is 0 Å². The smallest absolute Gasteiger partial charge is 0.261 e. The fourth-order valence-electron chi connectivity index (χ4n) is 3.24. The predicted octanol–water partition coefficient (Wildman–Crippen LogP) is 5.84. The lowest BCUT2D eigenvalue weighted by Crippen LogP contribution is -2.17. The Labute approximate surface area is 209 Å². The van der Waals surface area contributed by atoms with E-state index in [-0.39, 0.29) is 26.9 Å². The lowest BCUT2D eigenvalue weighted by Gasteiger charge is -2.16. The van der Waals surface area contributed by atoms with Gasteiger partial charge in [-0.25, -0.2) is 21.2 Å². The molecule has 0 heterocycles. The van der Waals surface area contributed by atoms with Crippen molar-refractivity contribution in [1.82, 2.24) is 0 Å². The predicted molar refractivity (Wildman–Crippen MR) is 137 cm³/mol. The van der Waals surface area contributed by atoms with Crippen LogP contribution in [0.3, 0.4) is 0 Å². The van der Waals surface area contributed by atoms with Crippen molar-refractivity contribution in [3.05, 3.63) is 108 Å². The van der Waals surface area contributed by atoms with Crippen LogP contribution in [0.1, 0.15) is 11.1 Å². The summed E-state index contributed by atoms with van der Waals surface area (Å²) in [5, 5.41) is 0. The SMILES string of the molecule is Cc1ccc(S(=O)(=O)Nc2ccc(Oc3ccc(F)cc3)cc2NS(=O)(=O)c2ccc(C)cc2)cc1. The molecular formula is C26H23FN2O5S2. The van der Waals surface area contributed by atoms with Crippen molar-refractivity contribution in [2.45, 2.75) is 23.6 Å². The summed E-state index contributed by atoms with van der Waals surface area (Å²) in [4.78, 5) is 0.0254. The fourth-order valence-corrected chi connectivity index (χ4v) is 5.39. The van der Waals surface area contributed by atoms with Gasteiger partial charge in [-0.1, -0.05) is 35.4 Å². The van der Waals surface area contributed by atoms with Gasteiger partial charge < -0.3 is 4.74 Å². The summed E-state index contributed by atoms with van der Waals surface area (Å²) >= 11 is 0. The Kier molecular flexibility index (Phi) is 7.00. The van der Waals surface area contributed by atoms with Gasteiger partial charge in [0.05, 0.1) is 21.2 Å². The Bertz CT molecular complexity index is 1590. The molecule has 0 radical (unpaired) electrons. The molecule has 4 rings (SSSR count). The van der Waals surface area contributed by atoms with Crippen LogP contribution in [0.25, 0.3) is 0 Å². The first kappa shape index (κ1) is 25.2. The molecule has 0 spiro atoms. The van der Waals surface area contributed by atoms with Crippen LogP contribution in [0, 0.1) is 19.7 Å². The van der Waals surface area contributed by atoms with E-state index in [2.05, 4.69) is 9.44 Å². The van der Waals surface area contributed by atoms with Gasteiger partial charge in [0.15, 0.2) is 0 Å². The quantitative estimate of drug-likeness (QED) is 0.301. The van der Waals surface area contributed by atoms with Crippen LogP contribution < -0.4 is 14.2 Å². The highest BCUT2D eigenvalue weighted by Crippen LogP contribution is 2.33. The summed E-state index contributed by atoms with van der Waals surface area (Å²) in [6, 6.07) is 21.9. The molecule has 0 aliphatic heterocycles. The minimum Gasteiger partial charge on any atom is -0.457 e. The molecule has 0 aliphatic rings. The van der Waals surface area contributed by atoms with E-state index in [0.717, 1.165) is 11.1 Å². The third-order valence-electron chi connectivity index (χ3n) is 5.19. The van der Waals surface area contributed by atoms with Crippen molar-refractivity contribution in [3.63, 3.8) is 0 Å². The molecule has 0 aliphatic carbocycles. The maximum atomic E-state index is 13.2. The number of halogens is 1. The van der Waals surface area contributed by atoms with Gasteiger partial charge in [0.25, 0.3) is 20.0 Å². The summed E-state index contributed by atoms with van der Waals surface area (Å²) in [6.07, 6.45) is 0. The van der Waals surface area contributed by atoms with Gasteiger partial charge in [-0.2, -0.15) is 0 Å². The van der Waals surface area contributed by atoms with Crippen LogP contribution in [0.5, 0.6) is 11.5 Å². The molecule has 0 saturated heterocycles. The highest BCUT2D eigenvalue weighted by Gasteiger charge is 2.21. The van der Waals surface area contributed by atoms with Crippen molar-refractivity contribution >= 4 is 31.4 Å². The zero-order chi connectivity index (χ0) is 25.9. The van der Waals surface area contributed by atoms with Gasteiger partial charge in [0.2, 0.25) is 0 Å². The van der Waals surface area contributed by atoms with Gasteiger partial charge in [-0.15, -0.1) is 0 Å². The molecule has 0 unspecified atom stereocenters. The van der Waals surface area contributed by atoms with Gasteiger partial charge in [0, 0.05) is 6.07 Å². The fraction of sp³-hybridized carbons (Fsp3) is 0.0769. The molecule has 0 amide bonds. The summed E-state index contributed by atoms with van der Waals surface area (Å²) < 4.78 is 76.0. The third kappa shape index (κ3) is 6.02. The molecule has 0 aromatic heterocycles. The first-order valence-corrected chi connectivity index (χ1v) is 13.7. The lowest BCUT2D eigenvalue weighted by atomic mass is 10.2. The molecule has 186 valence electrons. The second-order valence-corrected chi connectivity index (χ2v) is 11.5. The molecule has 0 saturated carbocycles. The van der Waals surface area contributed by atoms with Crippen LogP contribution in [-0.4, -0.2) is 16.8 Å². The van der Waals surface area contributed by atoms with Crippen molar-refractivity contribution < 1.29 is 26.0 Å². The standard InChI is InChI=1S/C26H23FN2O5S2/c1-18-3-12-23(13-4-18)35(30,31)28-25-16-11-22(34-21-9-7-20(27)8-10-21)17-26(25)29-36(32,33)24-14-5-19(2)6-15-24/h3-17,28-29H,1-2H3. The molecule has 0 bridgehead atoms. The molecular weight excluding hydrogens is 503 g/mol. The number of benzene rings is 4. The van der Waals surface area contributed by atoms with E-state index in [1.165, 1.54) is 66.7 Å². The Balaban J connectivity index is 1.72. The highest BCUT2D eigenvalue weighted by molar-refractivity contribution is 7.93. The minimum atomic E-state index is -4.06. The van der Waals surface area contributed by atoms with Gasteiger partial charge >= 0.3 is 0 Å². The topological polar surface area (TPSA) is 102 Å². The Morgan fingerprint density at radius 1 is 0.583 bits per heavy atom. The monoisotopic (exact) mass is 526 g/mol. The van der Waals surface area contributed by atoms with Gasteiger partial charge in [0.1, 0.15) is 17.3 Å². The number of nitrogens with one attached hydrogen (secondary N) is 2. The maximum Gasteiger partial charge on any atom is 0.261 e. The molecule has 36 heavy (non-hydrogen) atoms. The van der Waals surface area contributed by atoms with E-state index >= 15 is 0 Å². The van der Waals surface area contributed by atoms with Crippen molar-refractivity contribution in [3.8, 4) is 11.5 Å². The highest BCUT2D eigenvalue weighted by atomic mass is 32.2. The number of hydrogen-bond acceptors (Lipinski definition) is 5. The summed E-state index contributed by atoms with van der Waals surface area (Å²) in [5.41, 5.74) is 1.72. The minimum absolute atomic E-state index is 0.00211. The van der Waals surface area contributed by atoms with Crippen molar-refractivity contribution in [2.75, 3.05) is 9.44 Å². The van der Waals surface area contributed by atoms with E-state index < -0.39 is 25.9 Å². The van der Waals surface area contributed by atoms with Crippen LogP contribution >= 0.6 is 0 Å². The van der Waals surface area contributed by atoms with Crippen molar-refractivity contribution in [2.24, 2.45) is 0 Å². The first-order valence-electron chi connectivity index (χ1n) is 10.8. The van der Waals surface area contributed by atoms with Crippen LogP contribution in [-0.2, 0) is 20.0 Å². The number of hydrogen-bond donors (Lipinski definition) is 2. The number of rotatable bonds is 8. The summed E-state index contributed by atoms with van der Waals surface area (Å²) in [7, 11) is -8.09. The molecule has 10 heteroatoms. The van der Waals surface area contributed by atoms with Crippen LogP contribution in [0.15, 0.2) is 101 Å². The second-order valence-electron chi connectivity index (χ2n) is 8.10. The molecule has 4 aromatic rings. The maximum absolute atomic E-state index is 13.2. The molecule has 4 aromatic carbocycles. The molecule has 0 fully saturated rings. The number of aryl methyl sites for hydroxylation is 2. The first-order chi connectivity index (χ1) is 17.0. The average Bonchev–Trinajstić information content (AvgIpc) is 2.82. The Morgan fingerprint density at radius 3 is 1.53 bits per heavy atom. The van der Waals surface area contributed by atoms with Crippen LogP contribution in [0.2, 0.25) is 0 Å². The average molecular weight is 527 g/mol. The van der Waals surface area contributed by atoms with Crippen LogP contribution in [0.4, 0.5) is 15.8 Å². The Hall–Kier alpha value is -3.89. The number of sulfonamides is 2. The molecule has 0 atom stereocenters. The molecule has 2 N–H and O–H groups in total. The van der Waals surface area contributed by atoms with E-state index in [0.29, 0.717) is 5.75 Å². The van der Waals surface area contributed by atoms with E-state index in [4.69, 9.17) is 4.74 Å². The zero-order valence-corrected chi connectivity index (χ0v) is 21.0. The Morgan fingerprint density at radius 2 is 1.03 bits per heavy atom.